The van der Waals surface area contributed by atoms with Gasteiger partial charge in [0.15, 0.2) is 11.5 Å². The molecule has 114 valence electrons. The number of hydrogen-bond acceptors (Lipinski definition) is 5. The number of nitrogens with one attached hydrogen (secondary N) is 2. The Morgan fingerprint density at radius 1 is 1.29 bits per heavy atom. The van der Waals surface area contributed by atoms with Crippen molar-refractivity contribution in [3.05, 3.63) is 6.33 Å². The summed E-state index contributed by atoms with van der Waals surface area (Å²) in [6, 6.07) is 0.532. The minimum absolute atomic E-state index is 0.475. The van der Waals surface area contributed by atoms with Gasteiger partial charge in [-0.05, 0) is 31.1 Å². The van der Waals surface area contributed by atoms with E-state index in [1.54, 1.807) is 6.33 Å². The van der Waals surface area contributed by atoms with Crippen LogP contribution in [0, 0.1) is 5.41 Å². The van der Waals surface area contributed by atoms with E-state index in [9.17, 15) is 0 Å². The number of nitrogens with zero attached hydrogens (tertiary/aromatic N) is 4. The van der Waals surface area contributed by atoms with E-state index in [0.717, 1.165) is 11.3 Å². The summed E-state index contributed by atoms with van der Waals surface area (Å²) in [5, 5.41) is 3.02. The third kappa shape index (κ3) is 2.66. The summed E-state index contributed by atoms with van der Waals surface area (Å²) in [6.07, 6.45) is 6.62. The Labute approximate surface area is 125 Å². The van der Waals surface area contributed by atoms with Gasteiger partial charge in [-0.15, -0.1) is 0 Å². The first-order chi connectivity index (χ1) is 10.00. The third-order valence-corrected chi connectivity index (χ3v) is 4.68. The molecule has 1 fully saturated rings. The van der Waals surface area contributed by atoms with Crippen LogP contribution in [0.3, 0.4) is 0 Å². The summed E-state index contributed by atoms with van der Waals surface area (Å²) < 4.78 is 0. The highest BCUT2D eigenvalue weighted by Crippen LogP contribution is 2.38. The Balaban J connectivity index is 1.90. The molecular weight excluding hydrogens is 264 g/mol. The highest BCUT2D eigenvalue weighted by atomic mass is 15.2. The first-order valence-corrected chi connectivity index (χ1v) is 7.62. The Bertz CT molecular complexity index is 622. The third-order valence-electron chi connectivity index (χ3n) is 4.68. The van der Waals surface area contributed by atoms with Crippen molar-refractivity contribution in [2.75, 3.05) is 24.3 Å². The monoisotopic (exact) mass is 288 g/mol. The molecule has 0 unspecified atom stereocenters. The van der Waals surface area contributed by atoms with E-state index >= 15 is 0 Å². The fourth-order valence-corrected chi connectivity index (χ4v) is 3.13. The van der Waals surface area contributed by atoms with Gasteiger partial charge in [-0.3, -0.25) is 0 Å². The summed E-state index contributed by atoms with van der Waals surface area (Å²) in [6.45, 7) is 4.72. The molecule has 3 rings (SSSR count). The lowest BCUT2D eigenvalue weighted by atomic mass is 9.75. The van der Waals surface area contributed by atoms with Gasteiger partial charge in [0.05, 0.1) is 6.33 Å². The summed E-state index contributed by atoms with van der Waals surface area (Å²) in [7, 11) is 3.96. The average molecular weight is 288 g/mol. The fourth-order valence-electron chi connectivity index (χ4n) is 3.13. The predicted octanol–water partition coefficient (Wildman–Crippen LogP) is 2.80. The quantitative estimate of drug-likeness (QED) is 0.909. The Hall–Kier alpha value is -1.85. The van der Waals surface area contributed by atoms with Crippen molar-refractivity contribution in [2.24, 2.45) is 5.41 Å². The maximum Gasteiger partial charge on any atom is 0.226 e. The maximum atomic E-state index is 4.64. The number of aromatic amines is 1. The van der Waals surface area contributed by atoms with Gasteiger partial charge < -0.3 is 15.2 Å². The smallest absolute Gasteiger partial charge is 0.226 e. The molecule has 21 heavy (non-hydrogen) atoms. The van der Waals surface area contributed by atoms with Gasteiger partial charge in [-0.25, -0.2) is 4.98 Å². The zero-order valence-electron chi connectivity index (χ0n) is 13.3. The van der Waals surface area contributed by atoms with E-state index in [2.05, 4.69) is 51.0 Å². The molecule has 0 amide bonds. The van der Waals surface area contributed by atoms with Gasteiger partial charge in [0.1, 0.15) is 5.52 Å². The highest BCUT2D eigenvalue weighted by molar-refractivity contribution is 5.84. The van der Waals surface area contributed by atoms with Crippen LogP contribution in [0.25, 0.3) is 11.2 Å². The van der Waals surface area contributed by atoms with Crippen molar-refractivity contribution < 1.29 is 0 Å². The molecule has 0 bridgehead atoms. The van der Waals surface area contributed by atoms with Gasteiger partial charge in [0.2, 0.25) is 5.95 Å². The molecule has 0 aromatic carbocycles. The van der Waals surface area contributed by atoms with Gasteiger partial charge >= 0.3 is 0 Å². The topological polar surface area (TPSA) is 69.7 Å². The SMILES string of the molecule is CNc1nc(N(C)C2CCC(C)(C)CC2)c2[nH]cnc2n1. The van der Waals surface area contributed by atoms with Crippen LogP contribution in [0.4, 0.5) is 11.8 Å². The lowest BCUT2D eigenvalue weighted by molar-refractivity contribution is 0.222. The summed E-state index contributed by atoms with van der Waals surface area (Å²) in [5.41, 5.74) is 2.11. The molecule has 1 saturated carbocycles. The molecule has 0 atom stereocenters. The molecule has 0 aliphatic heterocycles. The summed E-state index contributed by atoms with van der Waals surface area (Å²) in [4.78, 5) is 18.7. The number of imidazole rings is 1. The second-order valence-corrected chi connectivity index (χ2v) is 6.73. The van der Waals surface area contributed by atoms with Crippen LogP contribution in [-0.2, 0) is 0 Å². The van der Waals surface area contributed by atoms with Crippen LogP contribution in [0.1, 0.15) is 39.5 Å². The van der Waals surface area contributed by atoms with Crippen LogP contribution in [-0.4, -0.2) is 40.1 Å². The first kappa shape index (κ1) is 14.1. The molecule has 0 saturated heterocycles. The van der Waals surface area contributed by atoms with Crippen molar-refractivity contribution in [1.29, 1.82) is 0 Å². The number of aromatic nitrogens is 4. The van der Waals surface area contributed by atoms with Crippen molar-refractivity contribution in [2.45, 2.75) is 45.6 Å². The van der Waals surface area contributed by atoms with Crippen LogP contribution in [0.5, 0.6) is 0 Å². The Morgan fingerprint density at radius 2 is 2.00 bits per heavy atom. The molecular formula is C15H24N6. The zero-order valence-corrected chi connectivity index (χ0v) is 13.3. The minimum atomic E-state index is 0.475. The normalized spacial score (nSPS) is 18.9. The van der Waals surface area contributed by atoms with Crippen molar-refractivity contribution in [3.8, 4) is 0 Å². The largest absolute Gasteiger partial charge is 0.357 e. The molecule has 1 aliphatic rings. The Morgan fingerprint density at radius 3 is 2.67 bits per heavy atom. The van der Waals surface area contributed by atoms with E-state index < -0.39 is 0 Å². The maximum absolute atomic E-state index is 4.64. The van der Waals surface area contributed by atoms with E-state index in [1.165, 1.54) is 25.7 Å². The van der Waals surface area contributed by atoms with E-state index in [0.29, 0.717) is 23.1 Å². The second kappa shape index (κ2) is 5.16. The van der Waals surface area contributed by atoms with E-state index in [1.807, 2.05) is 7.05 Å². The molecule has 1 aliphatic carbocycles. The van der Waals surface area contributed by atoms with Gasteiger partial charge in [-0.1, -0.05) is 13.8 Å². The average Bonchev–Trinajstić information content (AvgIpc) is 2.93. The standard InChI is InChI=1S/C15H24N6/c1-15(2)7-5-10(6-8-15)21(4)13-11-12(18-9-17-11)19-14(16-3)20-13/h9-10H,5-8H2,1-4H3,(H2,16,17,18,19,20). The lowest BCUT2D eigenvalue weighted by Crippen LogP contribution is -2.37. The van der Waals surface area contributed by atoms with Crippen LogP contribution in [0.2, 0.25) is 0 Å². The molecule has 0 radical (unpaired) electrons. The van der Waals surface area contributed by atoms with Crippen LogP contribution < -0.4 is 10.2 Å². The fraction of sp³-hybridized carbons (Fsp3) is 0.667. The number of anilines is 2. The minimum Gasteiger partial charge on any atom is -0.357 e. The molecule has 0 spiro atoms. The molecule has 2 aromatic heterocycles. The Kier molecular flexibility index (Phi) is 3.47. The second-order valence-electron chi connectivity index (χ2n) is 6.73. The predicted molar refractivity (Wildman–Crippen MR) is 85.7 cm³/mol. The molecule has 2 N–H and O–H groups in total. The number of fused-ring (bicyclic) bond motifs is 1. The number of H-pyrrole nitrogens is 1. The van der Waals surface area contributed by atoms with Crippen LogP contribution >= 0.6 is 0 Å². The van der Waals surface area contributed by atoms with Crippen molar-refractivity contribution >= 4 is 22.9 Å². The van der Waals surface area contributed by atoms with Crippen molar-refractivity contribution in [1.82, 2.24) is 19.9 Å². The van der Waals surface area contributed by atoms with Crippen LogP contribution in [0.15, 0.2) is 6.33 Å². The van der Waals surface area contributed by atoms with Gasteiger partial charge in [0.25, 0.3) is 0 Å². The summed E-state index contributed by atoms with van der Waals surface area (Å²) >= 11 is 0. The van der Waals surface area contributed by atoms with E-state index in [-0.39, 0.29) is 0 Å². The number of hydrogen-bond donors (Lipinski definition) is 2. The molecule has 2 aromatic rings. The molecule has 2 heterocycles. The van der Waals surface area contributed by atoms with Gasteiger partial charge in [0, 0.05) is 20.1 Å². The molecule has 6 nitrogen and oxygen atoms in total. The lowest BCUT2D eigenvalue weighted by Gasteiger charge is -2.39. The van der Waals surface area contributed by atoms with Crippen molar-refractivity contribution in [3.63, 3.8) is 0 Å². The number of rotatable bonds is 3. The highest BCUT2D eigenvalue weighted by Gasteiger charge is 2.30. The van der Waals surface area contributed by atoms with E-state index in [4.69, 9.17) is 0 Å². The summed E-state index contributed by atoms with van der Waals surface area (Å²) in [5.74, 6) is 1.55. The molecule has 6 heteroatoms. The first-order valence-electron chi connectivity index (χ1n) is 7.62. The zero-order chi connectivity index (χ0) is 15.0. The van der Waals surface area contributed by atoms with Gasteiger partial charge in [-0.2, -0.15) is 9.97 Å².